The molecule has 0 bridgehead atoms. The van der Waals surface area contributed by atoms with E-state index in [1.807, 2.05) is 37.3 Å². The molecule has 3 aromatic rings. The lowest BCUT2D eigenvalue weighted by molar-refractivity contribution is -0.126. The zero-order valence-electron chi connectivity index (χ0n) is 18.0. The van der Waals surface area contributed by atoms with E-state index in [0.717, 1.165) is 11.3 Å². The van der Waals surface area contributed by atoms with Gasteiger partial charge < -0.3 is 14.8 Å². The first-order chi connectivity index (χ1) is 15.5. The van der Waals surface area contributed by atoms with E-state index in [1.165, 1.54) is 0 Å². The minimum Gasteiger partial charge on any atom is -0.486 e. The number of anilines is 1. The lowest BCUT2D eigenvalue weighted by atomic mass is 9.93. The maximum atomic E-state index is 13.6. The molecule has 32 heavy (non-hydrogen) atoms. The van der Waals surface area contributed by atoms with Crippen LogP contribution in [0.4, 0.5) is 5.69 Å². The van der Waals surface area contributed by atoms with E-state index in [9.17, 15) is 9.59 Å². The van der Waals surface area contributed by atoms with Crippen LogP contribution in [0.2, 0.25) is 0 Å². The van der Waals surface area contributed by atoms with Gasteiger partial charge in [0.05, 0.1) is 12.2 Å². The number of aryl methyl sites for hydroxylation is 1. The fourth-order valence-electron chi connectivity index (χ4n) is 4.25. The van der Waals surface area contributed by atoms with E-state index >= 15 is 0 Å². The van der Waals surface area contributed by atoms with Crippen molar-refractivity contribution in [1.82, 2.24) is 15.1 Å². The van der Waals surface area contributed by atoms with Crippen molar-refractivity contribution in [1.29, 1.82) is 0 Å². The lowest BCUT2D eigenvalue weighted by Crippen LogP contribution is -2.64. The molecule has 0 saturated carbocycles. The molecule has 0 fully saturated rings. The number of ether oxygens (including phenoxy) is 2. The fourth-order valence-corrected chi connectivity index (χ4v) is 4.25. The first-order valence-electron chi connectivity index (χ1n) is 10.6. The number of carbonyl (C=O) groups is 2. The number of hydrogen-bond donors (Lipinski definition) is 1. The van der Waals surface area contributed by atoms with Crippen molar-refractivity contribution in [2.45, 2.75) is 32.5 Å². The van der Waals surface area contributed by atoms with Gasteiger partial charge in [-0.2, -0.15) is 5.10 Å². The molecule has 1 N–H and O–H groups in total. The molecule has 5 rings (SSSR count). The Hall–Kier alpha value is -3.81. The standard InChI is InChI=1S/C24H24N4O4/c1-16-12-19-22(29)28(18-8-9-20-21(13-18)32-11-10-31-20)24(2,15-27(19)26-16)23(30)25-14-17-6-4-3-5-7-17/h3-9,12-13H,10-11,14-15H2,1-2H3,(H,25,30)/t24-/m1/s1. The predicted molar refractivity (Wildman–Crippen MR) is 118 cm³/mol. The van der Waals surface area contributed by atoms with Gasteiger partial charge in [-0.15, -0.1) is 0 Å². The molecule has 1 atom stereocenters. The monoisotopic (exact) mass is 432 g/mol. The van der Waals surface area contributed by atoms with Gasteiger partial charge in [0.2, 0.25) is 5.91 Å². The van der Waals surface area contributed by atoms with Crippen molar-refractivity contribution < 1.29 is 19.1 Å². The van der Waals surface area contributed by atoms with Crippen LogP contribution in [0.15, 0.2) is 54.6 Å². The van der Waals surface area contributed by atoms with Crippen LogP contribution in [0.3, 0.4) is 0 Å². The van der Waals surface area contributed by atoms with Crippen molar-refractivity contribution in [3.05, 3.63) is 71.5 Å². The quantitative estimate of drug-likeness (QED) is 0.685. The van der Waals surface area contributed by atoms with E-state index in [-0.39, 0.29) is 18.4 Å². The fraction of sp³-hybridized carbons (Fsp3) is 0.292. The molecule has 1 aromatic heterocycles. The number of rotatable bonds is 4. The van der Waals surface area contributed by atoms with E-state index in [4.69, 9.17) is 9.47 Å². The highest BCUT2D eigenvalue weighted by atomic mass is 16.6. The third-order valence-corrected chi connectivity index (χ3v) is 5.84. The number of nitrogens with zero attached hydrogens (tertiary/aromatic N) is 3. The van der Waals surface area contributed by atoms with Crippen LogP contribution in [0.25, 0.3) is 0 Å². The van der Waals surface area contributed by atoms with E-state index in [2.05, 4.69) is 10.4 Å². The van der Waals surface area contributed by atoms with Gasteiger partial charge in [-0.05, 0) is 37.6 Å². The summed E-state index contributed by atoms with van der Waals surface area (Å²) in [5.74, 6) is 0.638. The Bertz CT molecular complexity index is 1190. The second kappa shape index (κ2) is 7.71. The average molecular weight is 432 g/mol. The molecule has 2 amide bonds. The second-order valence-electron chi connectivity index (χ2n) is 8.24. The Morgan fingerprint density at radius 1 is 1.09 bits per heavy atom. The van der Waals surface area contributed by atoms with Crippen molar-refractivity contribution in [3.8, 4) is 11.5 Å². The van der Waals surface area contributed by atoms with Gasteiger partial charge in [0.1, 0.15) is 24.4 Å². The predicted octanol–water partition coefficient (Wildman–Crippen LogP) is 2.70. The van der Waals surface area contributed by atoms with Gasteiger partial charge >= 0.3 is 0 Å². The topological polar surface area (TPSA) is 85.7 Å². The summed E-state index contributed by atoms with van der Waals surface area (Å²) in [4.78, 5) is 28.7. The van der Waals surface area contributed by atoms with Crippen molar-refractivity contribution in [3.63, 3.8) is 0 Å². The van der Waals surface area contributed by atoms with Gasteiger partial charge in [-0.25, -0.2) is 0 Å². The van der Waals surface area contributed by atoms with Gasteiger partial charge in [-0.3, -0.25) is 19.2 Å². The highest BCUT2D eigenvalue weighted by Crippen LogP contribution is 2.39. The summed E-state index contributed by atoms with van der Waals surface area (Å²) in [6, 6.07) is 16.7. The zero-order valence-corrected chi connectivity index (χ0v) is 18.0. The zero-order chi connectivity index (χ0) is 22.3. The summed E-state index contributed by atoms with van der Waals surface area (Å²) in [7, 11) is 0. The molecular formula is C24H24N4O4. The smallest absolute Gasteiger partial charge is 0.277 e. The van der Waals surface area contributed by atoms with Gasteiger partial charge in [0, 0.05) is 18.3 Å². The van der Waals surface area contributed by atoms with Crippen LogP contribution >= 0.6 is 0 Å². The van der Waals surface area contributed by atoms with Crippen LogP contribution in [0.1, 0.15) is 28.7 Å². The molecule has 3 heterocycles. The van der Waals surface area contributed by atoms with Gasteiger partial charge in [0.25, 0.3) is 5.91 Å². The Kier molecular flexibility index (Phi) is 4.84. The number of carbonyl (C=O) groups excluding carboxylic acids is 2. The van der Waals surface area contributed by atoms with Crippen molar-refractivity contribution in [2.24, 2.45) is 0 Å². The number of nitrogens with one attached hydrogen (secondary N) is 1. The van der Waals surface area contributed by atoms with Gasteiger partial charge in [0.15, 0.2) is 11.5 Å². The number of amides is 2. The number of fused-ring (bicyclic) bond motifs is 2. The molecule has 2 aliphatic heterocycles. The summed E-state index contributed by atoms with van der Waals surface area (Å²) in [6.07, 6.45) is 0. The third kappa shape index (κ3) is 3.37. The SMILES string of the molecule is Cc1cc2n(n1)C[C@](C)(C(=O)NCc1ccccc1)N(c1ccc3c(c1)OCCO3)C2=O. The second-order valence-corrected chi connectivity index (χ2v) is 8.24. The maximum absolute atomic E-state index is 13.6. The Morgan fingerprint density at radius 3 is 2.62 bits per heavy atom. The molecule has 0 aliphatic carbocycles. The molecule has 164 valence electrons. The molecule has 8 nitrogen and oxygen atoms in total. The first kappa shape index (κ1) is 20.1. The van der Waals surface area contributed by atoms with Crippen LogP contribution < -0.4 is 19.7 Å². The Labute approximate surface area is 185 Å². The molecule has 0 unspecified atom stereocenters. The van der Waals surface area contributed by atoms with E-state index in [0.29, 0.717) is 42.6 Å². The minimum atomic E-state index is -1.19. The highest BCUT2D eigenvalue weighted by Gasteiger charge is 2.49. The number of aromatic nitrogens is 2. The summed E-state index contributed by atoms with van der Waals surface area (Å²) in [6.45, 7) is 5.11. The molecule has 2 aromatic carbocycles. The molecular weight excluding hydrogens is 408 g/mol. The summed E-state index contributed by atoms with van der Waals surface area (Å²) in [5, 5.41) is 7.44. The average Bonchev–Trinajstić information content (AvgIpc) is 3.18. The van der Waals surface area contributed by atoms with Crippen LogP contribution in [-0.4, -0.2) is 40.3 Å². The largest absolute Gasteiger partial charge is 0.486 e. The summed E-state index contributed by atoms with van der Waals surface area (Å²) in [5.41, 5.74) is 1.53. The normalized spacial score (nSPS) is 19.4. The molecule has 2 aliphatic rings. The van der Waals surface area contributed by atoms with E-state index < -0.39 is 5.54 Å². The third-order valence-electron chi connectivity index (χ3n) is 5.84. The maximum Gasteiger partial charge on any atom is 0.277 e. The minimum absolute atomic E-state index is 0.233. The molecule has 0 radical (unpaired) electrons. The number of benzene rings is 2. The Morgan fingerprint density at radius 2 is 1.84 bits per heavy atom. The summed E-state index contributed by atoms with van der Waals surface area (Å²) >= 11 is 0. The van der Waals surface area contributed by atoms with E-state index in [1.54, 1.807) is 40.8 Å². The van der Waals surface area contributed by atoms with Gasteiger partial charge in [-0.1, -0.05) is 30.3 Å². The van der Waals surface area contributed by atoms with Crippen molar-refractivity contribution in [2.75, 3.05) is 18.1 Å². The first-order valence-corrected chi connectivity index (χ1v) is 10.6. The van der Waals surface area contributed by atoms with Crippen molar-refractivity contribution >= 4 is 17.5 Å². The van der Waals surface area contributed by atoms with Crippen LogP contribution in [0, 0.1) is 6.92 Å². The molecule has 0 saturated heterocycles. The summed E-state index contributed by atoms with van der Waals surface area (Å²) < 4.78 is 13.0. The highest BCUT2D eigenvalue weighted by molar-refractivity contribution is 6.12. The molecule has 0 spiro atoms. The Balaban J connectivity index is 1.53. The number of hydrogen-bond acceptors (Lipinski definition) is 5. The van der Waals surface area contributed by atoms with Crippen LogP contribution in [0.5, 0.6) is 11.5 Å². The van der Waals surface area contributed by atoms with Crippen LogP contribution in [-0.2, 0) is 17.9 Å². The molecule has 8 heteroatoms. The lowest BCUT2D eigenvalue weighted by Gasteiger charge is -2.43.